The second-order valence-corrected chi connectivity index (χ2v) is 7.20. The number of benzene rings is 2. The topological polar surface area (TPSA) is 43.4 Å². The molecule has 1 aliphatic rings. The van der Waals surface area contributed by atoms with Crippen LogP contribution in [0.1, 0.15) is 34.2 Å². The van der Waals surface area contributed by atoms with Crippen molar-refractivity contribution in [2.24, 2.45) is 0 Å². The molecule has 0 bridgehead atoms. The number of nitrogens with zero attached hydrogens (tertiary/aromatic N) is 1. The summed E-state index contributed by atoms with van der Waals surface area (Å²) >= 11 is 0. The Bertz CT molecular complexity index is 925. The lowest BCUT2D eigenvalue weighted by Crippen LogP contribution is -2.13. The van der Waals surface area contributed by atoms with Gasteiger partial charge < -0.3 is 14.8 Å². The van der Waals surface area contributed by atoms with Gasteiger partial charge in [-0.05, 0) is 59.7 Å². The standard InChI is InChI=1S/C24H26N2O2/c1-27-23-10-8-19(13-24(23)28-17-20-4-3-11-25-16-20)15-26-14-18-7-9-21-5-2-6-22(21)12-18/h3-4,7-13,16,26H,2,5-6,14-15,17H2,1H3. The molecule has 0 saturated carbocycles. The average Bonchev–Trinajstić information content (AvgIpc) is 3.21. The van der Waals surface area contributed by atoms with Gasteiger partial charge in [-0.3, -0.25) is 4.98 Å². The van der Waals surface area contributed by atoms with Gasteiger partial charge in [0.25, 0.3) is 0 Å². The quantitative estimate of drug-likeness (QED) is 0.633. The van der Waals surface area contributed by atoms with E-state index < -0.39 is 0 Å². The Morgan fingerprint density at radius 1 is 0.893 bits per heavy atom. The first kappa shape index (κ1) is 18.5. The molecule has 0 atom stereocenters. The Labute approximate surface area is 166 Å². The maximum Gasteiger partial charge on any atom is 0.161 e. The highest BCUT2D eigenvalue weighted by atomic mass is 16.5. The molecule has 0 fully saturated rings. The van der Waals surface area contributed by atoms with E-state index >= 15 is 0 Å². The van der Waals surface area contributed by atoms with Crippen molar-refractivity contribution in [3.8, 4) is 11.5 Å². The summed E-state index contributed by atoms with van der Waals surface area (Å²) in [5.74, 6) is 1.49. The zero-order valence-corrected chi connectivity index (χ0v) is 16.3. The Kier molecular flexibility index (Phi) is 5.88. The molecule has 0 aliphatic heterocycles. The van der Waals surface area contributed by atoms with Crippen LogP contribution in [0.3, 0.4) is 0 Å². The van der Waals surface area contributed by atoms with Gasteiger partial charge in [0, 0.05) is 31.0 Å². The minimum atomic E-state index is 0.468. The van der Waals surface area contributed by atoms with Gasteiger partial charge in [0.2, 0.25) is 0 Å². The van der Waals surface area contributed by atoms with Gasteiger partial charge in [0.05, 0.1) is 7.11 Å². The molecule has 4 heteroatoms. The van der Waals surface area contributed by atoms with Crippen molar-refractivity contribution in [3.63, 3.8) is 0 Å². The van der Waals surface area contributed by atoms with E-state index in [0.29, 0.717) is 6.61 Å². The van der Waals surface area contributed by atoms with Crippen molar-refractivity contribution in [1.82, 2.24) is 10.3 Å². The highest BCUT2D eigenvalue weighted by Gasteiger charge is 2.11. The fourth-order valence-corrected chi connectivity index (χ4v) is 3.67. The van der Waals surface area contributed by atoms with E-state index in [0.717, 1.165) is 30.2 Å². The molecular weight excluding hydrogens is 348 g/mol. The highest BCUT2D eigenvalue weighted by Crippen LogP contribution is 2.29. The number of pyridine rings is 1. The Morgan fingerprint density at radius 3 is 2.54 bits per heavy atom. The van der Waals surface area contributed by atoms with Crippen LogP contribution >= 0.6 is 0 Å². The molecule has 0 radical (unpaired) electrons. The summed E-state index contributed by atoms with van der Waals surface area (Å²) in [4.78, 5) is 4.13. The molecule has 1 heterocycles. The molecular formula is C24H26N2O2. The predicted octanol–water partition coefficient (Wildman–Crippen LogP) is 4.45. The van der Waals surface area contributed by atoms with Crippen molar-refractivity contribution >= 4 is 0 Å². The van der Waals surface area contributed by atoms with Crippen LogP contribution in [0.2, 0.25) is 0 Å². The number of aryl methyl sites for hydroxylation is 2. The lowest BCUT2D eigenvalue weighted by Gasteiger charge is -2.13. The number of methoxy groups -OCH3 is 1. The van der Waals surface area contributed by atoms with Crippen LogP contribution in [-0.4, -0.2) is 12.1 Å². The number of rotatable bonds is 8. The largest absolute Gasteiger partial charge is 0.493 e. The lowest BCUT2D eigenvalue weighted by molar-refractivity contribution is 0.283. The number of nitrogens with one attached hydrogen (secondary N) is 1. The van der Waals surface area contributed by atoms with E-state index in [1.165, 1.54) is 41.5 Å². The van der Waals surface area contributed by atoms with E-state index in [9.17, 15) is 0 Å². The predicted molar refractivity (Wildman–Crippen MR) is 111 cm³/mol. The van der Waals surface area contributed by atoms with Crippen LogP contribution < -0.4 is 14.8 Å². The summed E-state index contributed by atoms with van der Waals surface area (Å²) in [6, 6.07) is 16.9. The molecule has 0 spiro atoms. The number of hydrogen-bond donors (Lipinski definition) is 1. The Balaban J connectivity index is 1.36. The van der Waals surface area contributed by atoms with Crippen molar-refractivity contribution in [2.45, 2.75) is 39.0 Å². The second kappa shape index (κ2) is 8.89. The fourth-order valence-electron chi connectivity index (χ4n) is 3.67. The van der Waals surface area contributed by atoms with Crippen LogP contribution in [0.15, 0.2) is 60.9 Å². The number of ether oxygens (including phenoxy) is 2. The van der Waals surface area contributed by atoms with Gasteiger partial charge in [0.1, 0.15) is 6.61 Å². The maximum atomic E-state index is 5.98. The van der Waals surface area contributed by atoms with Gasteiger partial charge in [-0.15, -0.1) is 0 Å². The SMILES string of the molecule is COc1ccc(CNCc2ccc3c(c2)CCC3)cc1OCc1cccnc1. The summed E-state index contributed by atoms with van der Waals surface area (Å²) in [5.41, 5.74) is 6.60. The summed E-state index contributed by atoms with van der Waals surface area (Å²) in [6.07, 6.45) is 7.32. The minimum Gasteiger partial charge on any atom is -0.493 e. The first-order chi connectivity index (χ1) is 13.8. The van der Waals surface area contributed by atoms with Gasteiger partial charge in [0.15, 0.2) is 11.5 Å². The molecule has 2 aromatic carbocycles. The third-order valence-electron chi connectivity index (χ3n) is 5.17. The van der Waals surface area contributed by atoms with Crippen molar-refractivity contribution in [1.29, 1.82) is 0 Å². The summed E-state index contributed by atoms with van der Waals surface area (Å²) in [6.45, 7) is 2.12. The molecule has 0 saturated heterocycles. The van der Waals surface area contributed by atoms with E-state index in [1.54, 1.807) is 13.3 Å². The average molecular weight is 374 g/mol. The van der Waals surface area contributed by atoms with Crippen LogP contribution in [0.5, 0.6) is 11.5 Å². The Morgan fingerprint density at radius 2 is 1.71 bits per heavy atom. The third kappa shape index (κ3) is 4.52. The normalized spacial score (nSPS) is 12.6. The Hall–Kier alpha value is -2.85. The molecule has 1 aliphatic carbocycles. The molecule has 1 N–H and O–H groups in total. The van der Waals surface area contributed by atoms with Crippen molar-refractivity contribution in [2.75, 3.05) is 7.11 Å². The van der Waals surface area contributed by atoms with E-state index in [4.69, 9.17) is 9.47 Å². The zero-order chi connectivity index (χ0) is 19.2. The first-order valence-electron chi connectivity index (χ1n) is 9.82. The molecule has 1 aromatic heterocycles. The van der Waals surface area contributed by atoms with Crippen molar-refractivity contribution < 1.29 is 9.47 Å². The summed E-state index contributed by atoms with van der Waals surface area (Å²) in [7, 11) is 1.66. The molecule has 3 aromatic rings. The smallest absolute Gasteiger partial charge is 0.161 e. The second-order valence-electron chi connectivity index (χ2n) is 7.20. The molecule has 144 valence electrons. The zero-order valence-electron chi connectivity index (χ0n) is 16.3. The van der Waals surface area contributed by atoms with Gasteiger partial charge >= 0.3 is 0 Å². The third-order valence-corrected chi connectivity index (χ3v) is 5.17. The number of fused-ring (bicyclic) bond motifs is 1. The number of aromatic nitrogens is 1. The lowest BCUT2D eigenvalue weighted by atomic mass is 10.1. The molecule has 28 heavy (non-hydrogen) atoms. The fraction of sp³-hybridized carbons (Fsp3) is 0.292. The summed E-state index contributed by atoms with van der Waals surface area (Å²) in [5, 5.41) is 3.54. The molecule has 0 unspecified atom stereocenters. The number of hydrogen-bond acceptors (Lipinski definition) is 4. The van der Waals surface area contributed by atoms with Crippen molar-refractivity contribution in [3.05, 3.63) is 88.7 Å². The monoisotopic (exact) mass is 374 g/mol. The first-order valence-corrected chi connectivity index (χ1v) is 9.82. The minimum absolute atomic E-state index is 0.468. The maximum absolute atomic E-state index is 5.98. The van der Waals surface area contributed by atoms with Gasteiger partial charge in [-0.2, -0.15) is 0 Å². The van der Waals surface area contributed by atoms with E-state index in [-0.39, 0.29) is 0 Å². The molecule has 4 nitrogen and oxygen atoms in total. The van der Waals surface area contributed by atoms with Crippen LogP contribution in [0.25, 0.3) is 0 Å². The van der Waals surface area contributed by atoms with Crippen LogP contribution in [0, 0.1) is 0 Å². The highest BCUT2D eigenvalue weighted by molar-refractivity contribution is 5.43. The summed E-state index contributed by atoms with van der Waals surface area (Å²) < 4.78 is 11.4. The van der Waals surface area contributed by atoms with Crippen LogP contribution in [-0.2, 0) is 32.5 Å². The van der Waals surface area contributed by atoms with E-state index in [2.05, 4.69) is 34.6 Å². The van der Waals surface area contributed by atoms with Gasteiger partial charge in [-0.25, -0.2) is 0 Å². The van der Waals surface area contributed by atoms with Gasteiger partial charge in [-0.1, -0.05) is 30.3 Å². The van der Waals surface area contributed by atoms with E-state index in [1.807, 2.05) is 30.5 Å². The van der Waals surface area contributed by atoms with Crippen LogP contribution in [0.4, 0.5) is 0 Å². The molecule has 4 rings (SSSR count). The molecule has 0 amide bonds.